The first-order valence-electron chi connectivity index (χ1n) is 3.25. The highest BCUT2D eigenvalue weighted by Crippen LogP contribution is 2.32. The van der Waals surface area contributed by atoms with Gasteiger partial charge >= 0.3 is 0 Å². The van der Waals surface area contributed by atoms with Crippen molar-refractivity contribution in [3.8, 4) is 0 Å². The van der Waals surface area contributed by atoms with Crippen LogP contribution in [0.25, 0.3) is 0 Å². The van der Waals surface area contributed by atoms with Crippen LogP contribution in [-0.2, 0) is 0 Å². The number of carbonyl (C=O) groups excluding carboxylic acids is 1. The van der Waals surface area contributed by atoms with Crippen LogP contribution in [0, 0.1) is 0 Å². The molecule has 6 heteroatoms. The topological polar surface area (TPSA) is 56.0 Å². The number of aldehydes is 1. The van der Waals surface area contributed by atoms with Crippen molar-refractivity contribution in [2.75, 3.05) is 5.73 Å². The standard InChI is InChI=1S/C7H5BrF2N2O/c8-3-1-12-4(2-13)6(11)5(3)7(9)10/h1-2,7H,11H2. The van der Waals surface area contributed by atoms with Gasteiger partial charge in [-0.15, -0.1) is 0 Å². The molecule has 0 saturated carbocycles. The van der Waals surface area contributed by atoms with Gasteiger partial charge in [-0.25, -0.2) is 8.78 Å². The van der Waals surface area contributed by atoms with Gasteiger partial charge in [0.15, 0.2) is 6.29 Å². The predicted octanol–water partition coefficient (Wildman–Crippen LogP) is 2.18. The highest BCUT2D eigenvalue weighted by Gasteiger charge is 2.18. The summed E-state index contributed by atoms with van der Waals surface area (Å²) in [4.78, 5) is 13.9. The highest BCUT2D eigenvalue weighted by atomic mass is 79.9. The van der Waals surface area contributed by atoms with E-state index in [1.807, 2.05) is 0 Å². The number of hydrogen-bond donors (Lipinski definition) is 1. The van der Waals surface area contributed by atoms with Crippen LogP contribution in [0.15, 0.2) is 10.7 Å². The number of halogens is 3. The number of alkyl halides is 2. The summed E-state index contributed by atoms with van der Waals surface area (Å²) in [5.74, 6) is 0. The smallest absolute Gasteiger partial charge is 0.267 e. The minimum atomic E-state index is -2.73. The Balaban J connectivity index is 3.38. The molecule has 0 spiro atoms. The fourth-order valence-corrected chi connectivity index (χ4v) is 1.34. The zero-order valence-corrected chi connectivity index (χ0v) is 7.88. The van der Waals surface area contributed by atoms with Crippen LogP contribution in [0.1, 0.15) is 22.5 Å². The molecule has 0 aromatic carbocycles. The van der Waals surface area contributed by atoms with Crippen molar-refractivity contribution >= 4 is 27.9 Å². The number of anilines is 1. The number of nitrogens with two attached hydrogens (primary N) is 1. The van der Waals surface area contributed by atoms with Crippen LogP contribution in [0.5, 0.6) is 0 Å². The average molecular weight is 251 g/mol. The van der Waals surface area contributed by atoms with Crippen LogP contribution in [0.4, 0.5) is 14.5 Å². The molecule has 0 bridgehead atoms. The fraction of sp³-hybridized carbons (Fsp3) is 0.143. The van der Waals surface area contributed by atoms with E-state index >= 15 is 0 Å². The van der Waals surface area contributed by atoms with Gasteiger partial charge in [-0.2, -0.15) is 0 Å². The molecule has 2 N–H and O–H groups in total. The fourth-order valence-electron chi connectivity index (χ4n) is 0.848. The molecule has 70 valence electrons. The molecule has 0 radical (unpaired) electrons. The van der Waals surface area contributed by atoms with Crippen molar-refractivity contribution in [3.05, 3.63) is 21.9 Å². The van der Waals surface area contributed by atoms with E-state index in [-0.39, 0.29) is 15.9 Å². The largest absolute Gasteiger partial charge is 0.396 e. The van der Waals surface area contributed by atoms with Crippen molar-refractivity contribution in [1.29, 1.82) is 0 Å². The summed E-state index contributed by atoms with van der Waals surface area (Å²) in [6.07, 6.45) is -1.26. The number of carbonyl (C=O) groups is 1. The molecular weight excluding hydrogens is 246 g/mol. The summed E-state index contributed by atoms with van der Waals surface area (Å²) in [5, 5.41) is 0. The van der Waals surface area contributed by atoms with E-state index in [1.165, 1.54) is 0 Å². The molecule has 3 nitrogen and oxygen atoms in total. The first kappa shape index (κ1) is 10.0. The lowest BCUT2D eigenvalue weighted by Gasteiger charge is -2.07. The molecule has 0 amide bonds. The molecule has 0 saturated heterocycles. The minimum absolute atomic E-state index is 0.102. The summed E-state index contributed by atoms with van der Waals surface area (Å²) >= 11 is 2.87. The van der Waals surface area contributed by atoms with E-state index in [0.717, 1.165) is 6.20 Å². The second-order valence-electron chi connectivity index (χ2n) is 2.24. The van der Waals surface area contributed by atoms with Crippen LogP contribution in [0.2, 0.25) is 0 Å². The minimum Gasteiger partial charge on any atom is -0.396 e. The number of rotatable bonds is 2. The Kier molecular flexibility index (Phi) is 2.92. The van der Waals surface area contributed by atoms with Gasteiger partial charge < -0.3 is 5.73 Å². The molecule has 0 aliphatic rings. The van der Waals surface area contributed by atoms with Gasteiger partial charge in [-0.1, -0.05) is 0 Å². The summed E-state index contributed by atoms with van der Waals surface area (Å²) in [6, 6.07) is 0. The van der Waals surface area contributed by atoms with Gasteiger partial charge in [-0.3, -0.25) is 9.78 Å². The lowest BCUT2D eigenvalue weighted by Crippen LogP contribution is -2.03. The zero-order chi connectivity index (χ0) is 10.0. The van der Waals surface area contributed by atoms with Crippen molar-refractivity contribution in [1.82, 2.24) is 4.98 Å². The van der Waals surface area contributed by atoms with E-state index in [2.05, 4.69) is 20.9 Å². The number of pyridine rings is 1. The lowest BCUT2D eigenvalue weighted by molar-refractivity contribution is 0.111. The van der Waals surface area contributed by atoms with Crippen LogP contribution >= 0.6 is 15.9 Å². The quantitative estimate of drug-likeness (QED) is 0.819. The van der Waals surface area contributed by atoms with Gasteiger partial charge in [0.05, 0.1) is 11.3 Å². The van der Waals surface area contributed by atoms with Crippen molar-refractivity contribution in [3.63, 3.8) is 0 Å². The molecule has 0 fully saturated rings. The Labute approximate surface area is 81.1 Å². The second-order valence-corrected chi connectivity index (χ2v) is 3.09. The molecule has 0 aliphatic carbocycles. The normalized spacial score (nSPS) is 10.5. The van der Waals surface area contributed by atoms with Crippen molar-refractivity contribution in [2.24, 2.45) is 0 Å². The molecule has 1 rings (SSSR count). The third-order valence-corrected chi connectivity index (χ3v) is 2.10. The number of nitrogens with zero attached hydrogens (tertiary/aromatic N) is 1. The highest BCUT2D eigenvalue weighted by molar-refractivity contribution is 9.10. The molecule has 1 heterocycles. The maximum Gasteiger partial charge on any atom is 0.267 e. The average Bonchev–Trinajstić information content (AvgIpc) is 2.04. The Morgan fingerprint density at radius 3 is 2.69 bits per heavy atom. The maximum atomic E-state index is 12.4. The van der Waals surface area contributed by atoms with Crippen LogP contribution in [-0.4, -0.2) is 11.3 Å². The monoisotopic (exact) mass is 250 g/mol. The predicted molar refractivity (Wildman–Crippen MR) is 46.7 cm³/mol. The Morgan fingerprint density at radius 1 is 1.62 bits per heavy atom. The molecule has 13 heavy (non-hydrogen) atoms. The van der Waals surface area contributed by atoms with E-state index in [9.17, 15) is 13.6 Å². The summed E-state index contributed by atoms with van der Waals surface area (Å²) in [5.41, 5.74) is 4.45. The van der Waals surface area contributed by atoms with Gasteiger partial charge in [0, 0.05) is 10.7 Å². The third-order valence-electron chi connectivity index (χ3n) is 1.47. The number of hydrogen-bond acceptors (Lipinski definition) is 3. The molecule has 1 aromatic heterocycles. The summed E-state index contributed by atoms with van der Waals surface area (Å²) in [7, 11) is 0. The van der Waals surface area contributed by atoms with Crippen molar-refractivity contribution < 1.29 is 13.6 Å². The Bertz CT molecular complexity index is 344. The van der Waals surface area contributed by atoms with E-state index in [1.54, 1.807) is 0 Å². The number of nitrogen functional groups attached to an aromatic ring is 1. The third kappa shape index (κ3) is 1.82. The molecular formula is C7H5BrF2N2O. The van der Waals surface area contributed by atoms with Crippen LogP contribution in [0.3, 0.4) is 0 Å². The van der Waals surface area contributed by atoms with Crippen molar-refractivity contribution in [2.45, 2.75) is 6.43 Å². The Morgan fingerprint density at radius 2 is 2.23 bits per heavy atom. The van der Waals surface area contributed by atoms with Gasteiger partial charge in [-0.05, 0) is 15.9 Å². The maximum absolute atomic E-state index is 12.4. The SMILES string of the molecule is Nc1c(C=O)ncc(Br)c1C(F)F. The molecule has 0 aliphatic heterocycles. The molecule has 1 aromatic rings. The van der Waals surface area contributed by atoms with E-state index in [4.69, 9.17) is 5.73 Å². The van der Waals surface area contributed by atoms with Gasteiger partial charge in [0.25, 0.3) is 6.43 Å². The zero-order valence-electron chi connectivity index (χ0n) is 6.30. The van der Waals surface area contributed by atoms with Gasteiger partial charge in [0.1, 0.15) is 5.69 Å². The first-order valence-corrected chi connectivity index (χ1v) is 4.04. The molecule has 0 unspecified atom stereocenters. The van der Waals surface area contributed by atoms with E-state index in [0.29, 0.717) is 6.29 Å². The summed E-state index contributed by atoms with van der Waals surface area (Å²) in [6.45, 7) is 0. The summed E-state index contributed by atoms with van der Waals surface area (Å²) < 4.78 is 24.8. The second kappa shape index (κ2) is 3.78. The number of aromatic nitrogens is 1. The molecule has 0 atom stereocenters. The van der Waals surface area contributed by atoms with Crippen LogP contribution < -0.4 is 5.73 Å². The van der Waals surface area contributed by atoms with Gasteiger partial charge in [0.2, 0.25) is 0 Å². The Hall–Kier alpha value is -1.04. The lowest BCUT2D eigenvalue weighted by atomic mass is 10.2. The first-order chi connectivity index (χ1) is 6.07. The van der Waals surface area contributed by atoms with E-state index < -0.39 is 12.0 Å².